The molecule has 6 aromatic rings. The van der Waals surface area contributed by atoms with Crippen molar-refractivity contribution in [3.63, 3.8) is 0 Å². The van der Waals surface area contributed by atoms with Crippen molar-refractivity contribution in [2.75, 3.05) is 0 Å². The molecule has 0 aliphatic carbocycles. The predicted molar refractivity (Wildman–Crippen MR) is 207 cm³/mol. The highest BCUT2D eigenvalue weighted by molar-refractivity contribution is 6.64. The highest BCUT2D eigenvalue weighted by Crippen LogP contribution is 2.43. The van der Waals surface area contributed by atoms with Gasteiger partial charge in [-0.3, -0.25) is 9.59 Å². The normalized spacial score (nSPS) is 12.1. The van der Waals surface area contributed by atoms with Gasteiger partial charge in [0.2, 0.25) is 11.1 Å². The molecule has 7 nitrogen and oxygen atoms in total. The Labute approximate surface area is 311 Å². The van der Waals surface area contributed by atoms with Crippen LogP contribution in [0.15, 0.2) is 140 Å². The Morgan fingerprint density at radius 3 is 1.75 bits per heavy atom. The van der Waals surface area contributed by atoms with E-state index in [0.29, 0.717) is 25.2 Å². The van der Waals surface area contributed by atoms with Gasteiger partial charge in [-0.1, -0.05) is 167 Å². The molecule has 0 N–H and O–H groups in total. The van der Waals surface area contributed by atoms with Gasteiger partial charge in [-0.05, 0) is 74.2 Å². The lowest BCUT2D eigenvalue weighted by Gasteiger charge is -2.36. The lowest BCUT2D eigenvalue weighted by atomic mass is 9.77. The first kappa shape index (κ1) is 36.4. The SMILES string of the molecule is CCCCC(=O)N(Cc1ccc(-c2ccccc2-c2nnnn2C(c2ccccc2)(c2ccccc2)c2ccccc2)cc1)[C@@H](CC(C)C)C(=O)Cl. The van der Waals surface area contributed by atoms with Crippen LogP contribution in [0.2, 0.25) is 0 Å². The first-order chi connectivity index (χ1) is 25.3. The second-order valence-electron chi connectivity index (χ2n) is 13.5. The van der Waals surface area contributed by atoms with E-state index in [9.17, 15) is 9.59 Å². The summed E-state index contributed by atoms with van der Waals surface area (Å²) in [6, 6.07) is 46.6. The maximum Gasteiger partial charge on any atom is 0.244 e. The molecule has 0 fully saturated rings. The second kappa shape index (κ2) is 16.7. The third-order valence-corrected chi connectivity index (χ3v) is 9.80. The number of tetrazole rings is 1. The van der Waals surface area contributed by atoms with E-state index in [-0.39, 0.29) is 11.8 Å². The molecule has 0 aliphatic heterocycles. The Balaban J connectivity index is 1.43. The molecule has 0 bridgehead atoms. The monoisotopic (exact) mass is 709 g/mol. The Morgan fingerprint density at radius 2 is 1.25 bits per heavy atom. The smallest absolute Gasteiger partial charge is 0.244 e. The van der Waals surface area contributed by atoms with Crippen molar-refractivity contribution in [2.24, 2.45) is 5.92 Å². The zero-order valence-electron chi connectivity index (χ0n) is 29.9. The van der Waals surface area contributed by atoms with E-state index in [1.807, 2.05) is 103 Å². The van der Waals surface area contributed by atoms with Crippen molar-refractivity contribution in [1.82, 2.24) is 25.1 Å². The number of benzene rings is 5. The Bertz CT molecular complexity index is 1970. The molecule has 5 aromatic carbocycles. The van der Waals surface area contributed by atoms with E-state index in [0.717, 1.165) is 51.8 Å². The number of carbonyl (C=O) groups excluding carboxylic acids is 2. The van der Waals surface area contributed by atoms with Gasteiger partial charge >= 0.3 is 0 Å². The molecule has 0 unspecified atom stereocenters. The number of hydrogen-bond donors (Lipinski definition) is 0. The number of hydrogen-bond acceptors (Lipinski definition) is 5. The fourth-order valence-corrected chi connectivity index (χ4v) is 7.24. The third-order valence-electron chi connectivity index (χ3n) is 9.55. The summed E-state index contributed by atoms with van der Waals surface area (Å²) in [5, 5.41) is 13.2. The van der Waals surface area contributed by atoms with Gasteiger partial charge in [0, 0.05) is 18.5 Å². The molecule has 1 aromatic heterocycles. The molecule has 1 atom stereocenters. The van der Waals surface area contributed by atoms with Gasteiger partial charge in [0.15, 0.2) is 5.82 Å². The van der Waals surface area contributed by atoms with E-state index < -0.39 is 16.8 Å². The van der Waals surface area contributed by atoms with Crippen LogP contribution in [0, 0.1) is 5.92 Å². The summed E-state index contributed by atoms with van der Waals surface area (Å²) in [4.78, 5) is 27.7. The van der Waals surface area contributed by atoms with E-state index in [4.69, 9.17) is 16.8 Å². The quantitative estimate of drug-likeness (QED) is 0.0784. The molecule has 8 heteroatoms. The van der Waals surface area contributed by atoms with E-state index >= 15 is 0 Å². The van der Waals surface area contributed by atoms with E-state index in [1.165, 1.54) is 0 Å². The molecule has 0 aliphatic rings. The highest BCUT2D eigenvalue weighted by Gasteiger charge is 2.42. The summed E-state index contributed by atoms with van der Waals surface area (Å²) in [7, 11) is 0. The summed E-state index contributed by atoms with van der Waals surface area (Å²) in [5.41, 5.74) is 5.88. The topological polar surface area (TPSA) is 81.0 Å². The van der Waals surface area contributed by atoms with Crippen molar-refractivity contribution in [1.29, 1.82) is 0 Å². The number of carbonyl (C=O) groups is 2. The zero-order chi connectivity index (χ0) is 36.5. The van der Waals surface area contributed by atoms with Crippen molar-refractivity contribution in [2.45, 2.75) is 64.6 Å². The number of amides is 1. The van der Waals surface area contributed by atoms with Crippen LogP contribution in [0.3, 0.4) is 0 Å². The minimum atomic E-state index is -0.889. The van der Waals surface area contributed by atoms with E-state index in [1.54, 1.807) is 4.90 Å². The fraction of sp³-hybridized carbons (Fsp3) is 0.250. The zero-order valence-corrected chi connectivity index (χ0v) is 30.7. The minimum Gasteiger partial charge on any atom is -0.327 e. The standard InChI is InChI=1S/C44H44ClN5O2/c1-4-5-25-41(51)49(40(42(45)52)30-32(2)3)31-33-26-28-34(29-27-33)38-23-15-16-24-39(38)43-46-47-48-50(43)44(35-17-9-6-10-18-35,36-19-11-7-12-20-36)37-21-13-8-14-22-37/h6-24,26-29,32,40H,4-5,25,30-31H2,1-3H3/t40-/m0/s1. The van der Waals surface area contributed by atoms with Crippen LogP contribution in [-0.4, -0.2) is 42.3 Å². The Hall–Kier alpha value is -5.40. The second-order valence-corrected chi connectivity index (χ2v) is 13.9. The summed E-state index contributed by atoms with van der Waals surface area (Å²) in [5.74, 6) is 0.761. The molecule has 0 saturated heterocycles. The predicted octanol–water partition coefficient (Wildman–Crippen LogP) is 9.55. The van der Waals surface area contributed by atoms with Crippen LogP contribution in [-0.2, 0) is 21.7 Å². The molecule has 52 heavy (non-hydrogen) atoms. The van der Waals surface area contributed by atoms with Crippen LogP contribution in [0.1, 0.15) is 68.7 Å². The van der Waals surface area contributed by atoms with Gasteiger partial charge < -0.3 is 4.90 Å². The molecule has 1 amide bonds. The van der Waals surface area contributed by atoms with Crippen LogP contribution >= 0.6 is 11.6 Å². The lowest BCUT2D eigenvalue weighted by molar-refractivity contribution is -0.138. The van der Waals surface area contributed by atoms with Crippen LogP contribution in [0.25, 0.3) is 22.5 Å². The molecular weight excluding hydrogens is 666 g/mol. The molecule has 0 spiro atoms. The average Bonchev–Trinajstić information content (AvgIpc) is 3.67. The maximum absolute atomic E-state index is 13.4. The number of unbranched alkanes of at least 4 members (excludes halogenated alkanes) is 1. The summed E-state index contributed by atoms with van der Waals surface area (Å²) < 4.78 is 1.94. The van der Waals surface area contributed by atoms with Gasteiger partial charge in [-0.25, -0.2) is 4.68 Å². The summed E-state index contributed by atoms with van der Waals surface area (Å²) >= 11 is 6.11. The van der Waals surface area contributed by atoms with Gasteiger partial charge in [-0.15, -0.1) is 5.10 Å². The molecule has 0 saturated carbocycles. The van der Waals surface area contributed by atoms with Crippen LogP contribution in [0.4, 0.5) is 0 Å². The minimum absolute atomic E-state index is 0.0542. The van der Waals surface area contributed by atoms with Crippen LogP contribution < -0.4 is 0 Å². The molecule has 6 rings (SSSR count). The van der Waals surface area contributed by atoms with Crippen molar-refractivity contribution >= 4 is 22.8 Å². The van der Waals surface area contributed by atoms with Crippen molar-refractivity contribution in [3.8, 4) is 22.5 Å². The number of rotatable bonds is 15. The first-order valence-electron chi connectivity index (χ1n) is 18.0. The van der Waals surface area contributed by atoms with Crippen molar-refractivity contribution in [3.05, 3.63) is 162 Å². The van der Waals surface area contributed by atoms with Crippen molar-refractivity contribution < 1.29 is 9.59 Å². The highest BCUT2D eigenvalue weighted by atomic mass is 35.5. The Kier molecular flexibility index (Phi) is 11.7. The number of aromatic nitrogens is 4. The van der Waals surface area contributed by atoms with Gasteiger partial charge in [0.1, 0.15) is 11.6 Å². The summed E-state index contributed by atoms with van der Waals surface area (Å²) in [6.45, 7) is 6.42. The summed E-state index contributed by atoms with van der Waals surface area (Å²) in [6.07, 6.45) is 2.54. The number of halogens is 1. The molecule has 1 heterocycles. The third kappa shape index (κ3) is 7.60. The van der Waals surface area contributed by atoms with Gasteiger partial charge in [0.05, 0.1) is 0 Å². The Morgan fingerprint density at radius 1 is 0.731 bits per heavy atom. The molecule has 0 radical (unpaired) electrons. The average molecular weight is 710 g/mol. The fourth-order valence-electron chi connectivity index (χ4n) is 7.03. The molecule has 264 valence electrons. The maximum atomic E-state index is 13.4. The van der Waals surface area contributed by atoms with Gasteiger partial charge in [-0.2, -0.15) is 0 Å². The van der Waals surface area contributed by atoms with E-state index in [2.05, 4.69) is 71.8 Å². The first-order valence-corrected chi connectivity index (χ1v) is 18.3. The number of nitrogens with zero attached hydrogens (tertiary/aromatic N) is 5. The molecular formula is C44H44ClN5O2. The lowest BCUT2D eigenvalue weighted by Crippen LogP contribution is -2.43. The van der Waals surface area contributed by atoms with Crippen LogP contribution in [0.5, 0.6) is 0 Å². The van der Waals surface area contributed by atoms with Gasteiger partial charge in [0.25, 0.3) is 0 Å². The largest absolute Gasteiger partial charge is 0.327 e.